The fourth-order valence-corrected chi connectivity index (χ4v) is 1.49. The van der Waals surface area contributed by atoms with Crippen molar-refractivity contribution in [1.82, 2.24) is 4.98 Å². The van der Waals surface area contributed by atoms with Crippen LogP contribution in [-0.4, -0.2) is 19.2 Å². The number of methoxy groups -OCH3 is 2. The minimum atomic E-state index is -0.960. The average Bonchev–Trinajstić information content (AvgIpc) is 2.44. The van der Waals surface area contributed by atoms with E-state index in [1.54, 1.807) is 6.07 Å². The maximum absolute atomic E-state index is 13.5. The smallest absolute Gasteiger partial charge is 0.258 e. The van der Waals surface area contributed by atoms with Gasteiger partial charge in [0.1, 0.15) is 17.2 Å². The topological polar surface area (TPSA) is 66.6 Å². The molecule has 1 heterocycles. The number of pyridine rings is 1. The van der Waals surface area contributed by atoms with Crippen LogP contribution in [0.15, 0.2) is 24.3 Å². The van der Waals surface area contributed by atoms with Crippen molar-refractivity contribution in [2.45, 2.75) is 0 Å². The van der Waals surface area contributed by atoms with Gasteiger partial charge in [-0.1, -0.05) is 0 Å². The Hall–Kier alpha value is -2.57. The molecule has 106 valence electrons. The normalized spacial score (nSPS) is 10.2. The molecule has 0 amide bonds. The monoisotopic (exact) mass is 282 g/mol. The van der Waals surface area contributed by atoms with E-state index in [-0.39, 0.29) is 5.75 Å². The third kappa shape index (κ3) is 2.87. The summed E-state index contributed by atoms with van der Waals surface area (Å²) in [6.07, 6.45) is 0. The number of ether oxygens (including phenoxy) is 3. The molecule has 0 unspecified atom stereocenters. The number of nitrogens with two attached hydrogens (primary N) is 1. The van der Waals surface area contributed by atoms with Crippen LogP contribution < -0.4 is 19.9 Å². The Balaban J connectivity index is 2.36. The Morgan fingerprint density at radius 1 is 0.900 bits per heavy atom. The molecular formula is C13H12F2N2O3. The predicted molar refractivity (Wildman–Crippen MR) is 68.2 cm³/mol. The van der Waals surface area contributed by atoms with Crippen LogP contribution in [0.2, 0.25) is 0 Å². The second kappa shape index (κ2) is 5.60. The largest absolute Gasteiger partial charge is 0.496 e. The average molecular weight is 282 g/mol. The van der Waals surface area contributed by atoms with Crippen molar-refractivity contribution in [3.8, 4) is 23.1 Å². The van der Waals surface area contributed by atoms with E-state index in [0.29, 0.717) is 17.6 Å². The maximum Gasteiger partial charge on any atom is 0.258 e. The summed E-state index contributed by atoms with van der Waals surface area (Å²) in [4.78, 5) is 3.50. The molecule has 2 aromatic rings. The number of aromatic nitrogens is 1. The van der Waals surface area contributed by atoms with E-state index in [0.717, 1.165) is 0 Å². The van der Waals surface area contributed by atoms with Gasteiger partial charge >= 0.3 is 0 Å². The minimum Gasteiger partial charge on any atom is -0.496 e. The van der Waals surface area contributed by atoms with E-state index in [1.165, 1.54) is 26.4 Å². The fraction of sp³-hybridized carbons (Fsp3) is 0.154. The molecule has 0 saturated heterocycles. The second-order valence-corrected chi connectivity index (χ2v) is 3.79. The van der Waals surface area contributed by atoms with Gasteiger partial charge in [-0.2, -0.15) is 4.98 Å². The lowest BCUT2D eigenvalue weighted by molar-refractivity contribution is 0.379. The summed E-state index contributed by atoms with van der Waals surface area (Å²) in [6.45, 7) is 0. The van der Waals surface area contributed by atoms with Crippen LogP contribution in [0.25, 0.3) is 0 Å². The lowest BCUT2D eigenvalue weighted by Gasteiger charge is -2.10. The van der Waals surface area contributed by atoms with Crippen molar-refractivity contribution in [2.24, 2.45) is 0 Å². The Morgan fingerprint density at radius 2 is 1.45 bits per heavy atom. The molecule has 1 aromatic heterocycles. The molecule has 0 spiro atoms. The van der Waals surface area contributed by atoms with Gasteiger partial charge in [0.25, 0.3) is 5.88 Å². The number of nitrogen functional groups attached to an aromatic ring is 1. The zero-order valence-electron chi connectivity index (χ0n) is 10.8. The van der Waals surface area contributed by atoms with Gasteiger partial charge in [-0.25, -0.2) is 8.78 Å². The molecule has 0 aliphatic carbocycles. The van der Waals surface area contributed by atoms with Gasteiger partial charge in [-0.05, 0) is 0 Å². The Morgan fingerprint density at radius 3 is 2.00 bits per heavy atom. The summed E-state index contributed by atoms with van der Waals surface area (Å²) >= 11 is 0. The first-order chi connectivity index (χ1) is 9.53. The predicted octanol–water partition coefficient (Wildman–Crippen LogP) is 2.75. The molecule has 0 atom stereocenters. The number of benzene rings is 1. The second-order valence-electron chi connectivity index (χ2n) is 3.79. The van der Waals surface area contributed by atoms with E-state index in [4.69, 9.17) is 19.9 Å². The molecule has 1 aromatic carbocycles. The quantitative estimate of drug-likeness (QED) is 0.934. The molecule has 0 bridgehead atoms. The number of anilines is 1. The maximum atomic E-state index is 13.5. The highest BCUT2D eigenvalue weighted by Gasteiger charge is 2.13. The van der Waals surface area contributed by atoms with Crippen LogP contribution in [-0.2, 0) is 0 Å². The Bertz CT molecular complexity index is 613. The third-order valence-corrected chi connectivity index (χ3v) is 2.46. The minimum absolute atomic E-state index is 0.221. The molecule has 0 aliphatic rings. The van der Waals surface area contributed by atoms with Gasteiger partial charge in [-0.15, -0.1) is 0 Å². The highest BCUT2D eigenvalue weighted by molar-refractivity contribution is 5.44. The van der Waals surface area contributed by atoms with E-state index in [1.807, 2.05) is 0 Å². The highest BCUT2D eigenvalue weighted by atomic mass is 19.1. The van der Waals surface area contributed by atoms with Crippen LogP contribution in [0, 0.1) is 11.6 Å². The van der Waals surface area contributed by atoms with Gasteiger partial charge in [0.05, 0.1) is 14.2 Å². The SMILES string of the molecule is COc1cc(OC)cc(Oc2nc(N)c(F)cc2F)c1. The van der Waals surface area contributed by atoms with Crippen LogP contribution >= 0.6 is 0 Å². The molecule has 2 N–H and O–H groups in total. The fourth-order valence-electron chi connectivity index (χ4n) is 1.49. The van der Waals surface area contributed by atoms with Crippen molar-refractivity contribution in [1.29, 1.82) is 0 Å². The molecule has 0 fully saturated rings. The van der Waals surface area contributed by atoms with Crippen molar-refractivity contribution in [3.63, 3.8) is 0 Å². The van der Waals surface area contributed by atoms with Crippen molar-refractivity contribution in [2.75, 3.05) is 20.0 Å². The van der Waals surface area contributed by atoms with E-state index in [9.17, 15) is 8.78 Å². The van der Waals surface area contributed by atoms with Crippen LogP contribution in [0.4, 0.5) is 14.6 Å². The molecule has 5 nitrogen and oxygen atoms in total. The third-order valence-electron chi connectivity index (χ3n) is 2.46. The summed E-state index contributed by atoms with van der Waals surface area (Å²) in [7, 11) is 2.93. The molecular weight excluding hydrogens is 270 g/mol. The first-order valence-electron chi connectivity index (χ1n) is 5.56. The molecule has 2 rings (SSSR count). The molecule has 0 saturated carbocycles. The summed E-state index contributed by atoms with van der Waals surface area (Å²) in [5.41, 5.74) is 5.27. The van der Waals surface area contributed by atoms with Gasteiger partial charge in [0, 0.05) is 24.3 Å². The number of hydrogen-bond donors (Lipinski definition) is 1. The first-order valence-corrected chi connectivity index (χ1v) is 5.56. The first kappa shape index (κ1) is 13.9. The summed E-state index contributed by atoms with van der Waals surface area (Å²) < 4.78 is 41.9. The summed E-state index contributed by atoms with van der Waals surface area (Å²) in [5.74, 6) is -1.66. The molecule has 0 aliphatic heterocycles. The van der Waals surface area contributed by atoms with Crippen molar-refractivity contribution in [3.05, 3.63) is 35.9 Å². The van der Waals surface area contributed by atoms with Gasteiger partial charge in [-0.3, -0.25) is 0 Å². The Kier molecular flexibility index (Phi) is 3.88. The van der Waals surface area contributed by atoms with E-state index < -0.39 is 23.3 Å². The van der Waals surface area contributed by atoms with Crippen molar-refractivity contribution < 1.29 is 23.0 Å². The molecule has 7 heteroatoms. The number of rotatable bonds is 4. The van der Waals surface area contributed by atoms with Gasteiger partial charge in [0.2, 0.25) is 0 Å². The van der Waals surface area contributed by atoms with Crippen molar-refractivity contribution >= 4 is 5.82 Å². The number of hydrogen-bond acceptors (Lipinski definition) is 5. The summed E-state index contributed by atoms with van der Waals surface area (Å²) in [6, 6.07) is 5.23. The zero-order chi connectivity index (χ0) is 14.7. The van der Waals surface area contributed by atoms with Crippen LogP contribution in [0.3, 0.4) is 0 Å². The molecule has 20 heavy (non-hydrogen) atoms. The number of halogens is 2. The zero-order valence-corrected chi connectivity index (χ0v) is 10.8. The Labute approximate surface area is 113 Å². The van der Waals surface area contributed by atoms with Crippen LogP contribution in [0.1, 0.15) is 0 Å². The lowest BCUT2D eigenvalue weighted by atomic mass is 10.3. The van der Waals surface area contributed by atoms with Crippen LogP contribution in [0.5, 0.6) is 23.1 Å². The highest BCUT2D eigenvalue weighted by Crippen LogP contribution is 2.31. The number of nitrogens with zero attached hydrogens (tertiary/aromatic N) is 1. The van der Waals surface area contributed by atoms with E-state index in [2.05, 4.69) is 4.98 Å². The standard InChI is InChI=1S/C13H12F2N2O3/c1-18-7-3-8(19-2)5-9(4-7)20-13-11(15)6-10(14)12(16)17-13/h3-6H,1-2H3,(H2,16,17). The lowest BCUT2D eigenvalue weighted by Crippen LogP contribution is -2.00. The van der Waals surface area contributed by atoms with Gasteiger partial charge < -0.3 is 19.9 Å². The van der Waals surface area contributed by atoms with Gasteiger partial charge in [0.15, 0.2) is 17.5 Å². The molecule has 0 radical (unpaired) electrons. The summed E-state index contributed by atoms with van der Waals surface area (Å²) in [5, 5.41) is 0. The van der Waals surface area contributed by atoms with E-state index >= 15 is 0 Å².